The highest BCUT2D eigenvalue weighted by molar-refractivity contribution is 14.1. The number of fused-ring (bicyclic) bond motifs is 1. The highest BCUT2D eigenvalue weighted by Gasteiger charge is 2.27. The Morgan fingerprint density at radius 3 is 2.83 bits per heavy atom. The molecule has 6 heteroatoms. The number of hydrogen-bond donors (Lipinski definition) is 2. The largest absolute Gasteiger partial charge is 0.348 e. The standard InChI is InChI=1S/C12H16ClIN4/c1-3-16-12-11(15)18(4-2)10-5-7(13)8(14)6-9(10)17-12/h5-6,11H,3-4,15H2,1-2H3,(H,16,17). The minimum atomic E-state index is -0.237. The molecule has 0 aliphatic carbocycles. The second-order valence-electron chi connectivity index (χ2n) is 4.00. The highest BCUT2D eigenvalue weighted by Crippen LogP contribution is 2.36. The van der Waals surface area contributed by atoms with E-state index in [1.807, 2.05) is 19.1 Å². The maximum Gasteiger partial charge on any atom is 0.139 e. The fraction of sp³-hybridized carbons (Fsp3) is 0.417. The third kappa shape index (κ3) is 2.44. The van der Waals surface area contributed by atoms with Crippen molar-refractivity contribution in [3.8, 4) is 0 Å². The quantitative estimate of drug-likeness (QED) is 0.778. The van der Waals surface area contributed by atoms with Crippen molar-refractivity contribution in [2.24, 2.45) is 10.7 Å². The lowest BCUT2D eigenvalue weighted by atomic mass is 10.1. The van der Waals surface area contributed by atoms with E-state index in [-0.39, 0.29) is 6.17 Å². The van der Waals surface area contributed by atoms with Gasteiger partial charge >= 0.3 is 0 Å². The summed E-state index contributed by atoms with van der Waals surface area (Å²) in [4.78, 5) is 6.52. The van der Waals surface area contributed by atoms with Crippen molar-refractivity contribution < 1.29 is 0 Å². The predicted molar refractivity (Wildman–Crippen MR) is 86.8 cm³/mol. The fourth-order valence-corrected chi connectivity index (χ4v) is 2.68. The second-order valence-corrected chi connectivity index (χ2v) is 5.57. The Bertz CT molecular complexity index is 489. The first-order valence-corrected chi connectivity index (χ1v) is 7.36. The molecule has 18 heavy (non-hydrogen) atoms. The lowest BCUT2D eigenvalue weighted by Gasteiger charge is -2.37. The Morgan fingerprint density at radius 1 is 1.50 bits per heavy atom. The molecule has 0 fully saturated rings. The summed E-state index contributed by atoms with van der Waals surface area (Å²) in [6, 6.07) is 3.98. The average Bonchev–Trinajstić information content (AvgIpc) is 2.34. The van der Waals surface area contributed by atoms with Gasteiger partial charge in [0.05, 0.1) is 16.4 Å². The molecule has 1 atom stereocenters. The number of nitrogens with two attached hydrogens (primary N) is 1. The summed E-state index contributed by atoms with van der Waals surface area (Å²) < 4.78 is 1.02. The van der Waals surface area contributed by atoms with Crippen molar-refractivity contribution in [3.05, 3.63) is 20.7 Å². The SMILES string of the molecule is CCN=C1Nc2cc(I)c(Cl)cc2N(CC)C1N. The number of likely N-dealkylation sites (N-methyl/N-ethyl adjacent to an activating group) is 1. The zero-order chi connectivity index (χ0) is 13.3. The van der Waals surface area contributed by atoms with Crippen molar-refractivity contribution in [1.29, 1.82) is 0 Å². The van der Waals surface area contributed by atoms with E-state index in [9.17, 15) is 0 Å². The molecule has 1 aliphatic rings. The van der Waals surface area contributed by atoms with Gasteiger partial charge in [-0.05, 0) is 48.6 Å². The van der Waals surface area contributed by atoms with Crippen molar-refractivity contribution in [2.45, 2.75) is 20.0 Å². The van der Waals surface area contributed by atoms with E-state index in [2.05, 4.69) is 44.7 Å². The number of rotatable bonds is 2. The lowest BCUT2D eigenvalue weighted by Crippen LogP contribution is -2.53. The zero-order valence-corrected chi connectivity index (χ0v) is 13.3. The number of hydrogen-bond acceptors (Lipinski definition) is 3. The van der Waals surface area contributed by atoms with Gasteiger partial charge in [-0.3, -0.25) is 4.99 Å². The molecule has 4 nitrogen and oxygen atoms in total. The molecular formula is C12H16ClIN4. The molecule has 1 unspecified atom stereocenters. The van der Waals surface area contributed by atoms with Crippen molar-refractivity contribution in [2.75, 3.05) is 23.3 Å². The first kappa shape index (κ1) is 13.9. The Kier molecular flexibility index (Phi) is 4.34. The van der Waals surface area contributed by atoms with Crippen LogP contribution in [0.25, 0.3) is 0 Å². The minimum Gasteiger partial charge on any atom is -0.348 e. The smallest absolute Gasteiger partial charge is 0.139 e. The van der Waals surface area contributed by atoms with Gasteiger partial charge in [-0.2, -0.15) is 0 Å². The maximum absolute atomic E-state index is 6.21. The first-order chi connectivity index (χ1) is 8.58. The summed E-state index contributed by atoms with van der Waals surface area (Å²) in [5, 5.41) is 4.05. The molecule has 1 aromatic carbocycles. The van der Waals surface area contributed by atoms with Crippen LogP contribution in [0.15, 0.2) is 17.1 Å². The second kappa shape index (κ2) is 5.63. The zero-order valence-electron chi connectivity index (χ0n) is 10.4. The number of aliphatic imine (C=N–C) groups is 1. The molecule has 0 bridgehead atoms. The van der Waals surface area contributed by atoms with Crippen LogP contribution in [-0.4, -0.2) is 25.1 Å². The van der Waals surface area contributed by atoms with Crippen LogP contribution < -0.4 is 16.0 Å². The number of nitrogens with one attached hydrogen (secondary N) is 1. The van der Waals surface area contributed by atoms with Crippen molar-refractivity contribution >= 4 is 51.4 Å². The van der Waals surface area contributed by atoms with Gasteiger partial charge in [0.2, 0.25) is 0 Å². The van der Waals surface area contributed by atoms with Crippen LogP contribution >= 0.6 is 34.2 Å². The third-order valence-electron chi connectivity index (χ3n) is 2.90. The lowest BCUT2D eigenvalue weighted by molar-refractivity contribution is 0.747. The molecule has 98 valence electrons. The number of halogens is 2. The average molecular weight is 379 g/mol. The number of amidine groups is 1. The monoisotopic (exact) mass is 378 g/mol. The van der Waals surface area contributed by atoms with Crippen LogP contribution in [0, 0.1) is 3.57 Å². The molecule has 0 saturated carbocycles. The molecule has 0 amide bonds. The van der Waals surface area contributed by atoms with Gasteiger partial charge in [-0.25, -0.2) is 0 Å². The molecular weight excluding hydrogens is 363 g/mol. The number of anilines is 2. The minimum absolute atomic E-state index is 0.237. The van der Waals surface area contributed by atoms with E-state index in [4.69, 9.17) is 17.3 Å². The van der Waals surface area contributed by atoms with Crippen LogP contribution in [0.3, 0.4) is 0 Å². The predicted octanol–water partition coefficient (Wildman–Crippen LogP) is 2.90. The Balaban J connectivity index is 2.52. The van der Waals surface area contributed by atoms with Gasteiger partial charge in [0.15, 0.2) is 0 Å². The molecule has 0 spiro atoms. The van der Waals surface area contributed by atoms with Gasteiger partial charge in [0.1, 0.15) is 12.0 Å². The third-order valence-corrected chi connectivity index (χ3v) is 4.42. The van der Waals surface area contributed by atoms with E-state index in [0.717, 1.165) is 32.3 Å². The van der Waals surface area contributed by atoms with Crippen molar-refractivity contribution in [3.63, 3.8) is 0 Å². The van der Waals surface area contributed by atoms with Crippen LogP contribution in [0.4, 0.5) is 11.4 Å². The molecule has 0 radical (unpaired) electrons. The fourth-order valence-electron chi connectivity index (χ4n) is 2.05. The normalized spacial score (nSPS) is 20.8. The summed E-state index contributed by atoms with van der Waals surface area (Å²) in [6.07, 6.45) is -0.237. The molecule has 2 rings (SSSR count). The van der Waals surface area contributed by atoms with Gasteiger partial charge < -0.3 is 16.0 Å². The summed E-state index contributed by atoms with van der Waals surface area (Å²) in [6.45, 7) is 5.60. The van der Waals surface area contributed by atoms with Crippen LogP contribution in [0.5, 0.6) is 0 Å². The summed E-state index contributed by atoms with van der Waals surface area (Å²) in [5.41, 5.74) is 8.26. The number of benzene rings is 1. The molecule has 1 heterocycles. The van der Waals surface area contributed by atoms with Gasteiger partial charge in [0.25, 0.3) is 0 Å². The van der Waals surface area contributed by atoms with E-state index in [1.165, 1.54) is 0 Å². The molecule has 0 saturated heterocycles. The Labute approximate surface area is 126 Å². The topological polar surface area (TPSA) is 53.7 Å². The van der Waals surface area contributed by atoms with Gasteiger partial charge in [-0.15, -0.1) is 0 Å². The van der Waals surface area contributed by atoms with E-state index < -0.39 is 0 Å². The van der Waals surface area contributed by atoms with E-state index >= 15 is 0 Å². The number of nitrogens with zero attached hydrogens (tertiary/aromatic N) is 2. The Hall–Kier alpha value is -0.530. The van der Waals surface area contributed by atoms with Gasteiger partial charge in [-0.1, -0.05) is 11.6 Å². The summed E-state index contributed by atoms with van der Waals surface area (Å²) in [5.74, 6) is 0.810. The summed E-state index contributed by atoms with van der Waals surface area (Å²) >= 11 is 8.40. The summed E-state index contributed by atoms with van der Waals surface area (Å²) in [7, 11) is 0. The first-order valence-electron chi connectivity index (χ1n) is 5.91. The molecule has 1 aromatic rings. The van der Waals surface area contributed by atoms with Crippen LogP contribution in [-0.2, 0) is 0 Å². The van der Waals surface area contributed by atoms with Crippen LogP contribution in [0.2, 0.25) is 5.02 Å². The van der Waals surface area contributed by atoms with E-state index in [0.29, 0.717) is 6.54 Å². The molecule has 3 N–H and O–H groups in total. The van der Waals surface area contributed by atoms with Crippen molar-refractivity contribution in [1.82, 2.24) is 0 Å². The molecule has 1 aliphatic heterocycles. The maximum atomic E-state index is 6.21. The Morgan fingerprint density at radius 2 is 2.22 bits per heavy atom. The highest BCUT2D eigenvalue weighted by atomic mass is 127. The van der Waals surface area contributed by atoms with Crippen LogP contribution in [0.1, 0.15) is 13.8 Å². The van der Waals surface area contributed by atoms with E-state index in [1.54, 1.807) is 0 Å². The molecule has 0 aromatic heterocycles. The van der Waals surface area contributed by atoms with Gasteiger partial charge in [0, 0.05) is 16.7 Å².